The molecule has 2 rings (SSSR count). The fraction of sp³-hybridized carbons (Fsp3) is 0.429. The smallest absolute Gasteiger partial charge is 0.243 e. The summed E-state index contributed by atoms with van der Waals surface area (Å²) in [7, 11) is 4.78. The highest BCUT2D eigenvalue weighted by Crippen LogP contribution is 2.31. The number of methoxy groups -OCH3 is 3. The normalized spacial score (nSPS) is 12.2. The Bertz CT molecular complexity index is 585. The molecular weight excluding hydrogens is 274 g/mol. The van der Waals surface area contributed by atoms with Crippen molar-refractivity contribution in [3.63, 3.8) is 0 Å². The van der Waals surface area contributed by atoms with Gasteiger partial charge in [0.1, 0.15) is 0 Å². The number of aromatic nitrogens is 2. The molecule has 1 unspecified atom stereocenters. The highest BCUT2D eigenvalue weighted by atomic mass is 16.5. The maximum atomic E-state index is 5.95. The van der Waals surface area contributed by atoms with Gasteiger partial charge in [0, 0.05) is 19.3 Å². The van der Waals surface area contributed by atoms with E-state index in [1.807, 2.05) is 6.07 Å². The van der Waals surface area contributed by atoms with Crippen LogP contribution in [0.4, 0.5) is 0 Å². The molecule has 0 spiro atoms. The molecule has 0 saturated heterocycles. The van der Waals surface area contributed by atoms with Crippen LogP contribution in [0.3, 0.4) is 0 Å². The Kier molecular flexibility index (Phi) is 5.13. The van der Waals surface area contributed by atoms with Crippen LogP contribution >= 0.6 is 0 Å². The Labute approximate surface area is 123 Å². The first-order valence-electron chi connectivity index (χ1n) is 6.50. The summed E-state index contributed by atoms with van der Waals surface area (Å²) in [6.45, 7) is 0.537. The largest absolute Gasteiger partial charge is 0.493 e. The summed E-state index contributed by atoms with van der Waals surface area (Å²) < 4.78 is 20.6. The molecule has 0 aliphatic carbocycles. The van der Waals surface area contributed by atoms with Crippen molar-refractivity contribution in [2.24, 2.45) is 5.73 Å². The summed E-state index contributed by atoms with van der Waals surface area (Å²) in [6, 6.07) is 5.06. The van der Waals surface area contributed by atoms with Crippen LogP contribution < -0.4 is 15.2 Å². The summed E-state index contributed by atoms with van der Waals surface area (Å²) >= 11 is 0. The lowest BCUT2D eigenvalue weighted by Crippen LogP contribution is -2.12. The maximum absolute atomic E-state index is 5.95. The summed E-state index contributed by atoms with van der Waals surface area (Å²) in [6.07, 6.45) is 0.615. The lowest BCUT2D eigenvalue weighted by Gasteiger charge is -2.07. The molecule has 1 heterocycles. The summed E-state index contributed by atoms with van der Waals surface area (Å²) in [4.78, 5) is 4.31. The van der Waals surface area contributed by atoms with Gasteiger partial charge in [-0.2, -0.15) is 4.98 Å². The quantitative estimate of drug-likeness (QED) is 0.831. The van der Waals surface area contributed by atoms with Crippen LogP contribution in [0.2, 0.25) is 0 Å². The average Bonchev–Trinajstić information content (AvgIpc) is 3.01. The van der Waals surface area contributed by atoms with E-state index in [9.17, 15) is 0 Å². The number of nitrogens with two attached hydrogens (primary N) is 1. The monoisotopic (exact) mass is 293 g/mol. The van der Waals surface area contributed by atoms with Crippen molar-refractivity contribution in [2.45, 2.75) is 12.5 Å². The van der Waals surface area contributed by atoms with E-state index in [2.05, 4.69) is 10.1 Å². The van der Waals surface area contributed by atoms with E-state index in [-0.39, 0.29) is 6.04 Å². The molecule has 114 valence electrons. The second-order valence-corrected chi connectivity index (χ2v) is 4.41. The summed E-state index contributed by atoms with van der Waals surface area (Å²) in [5.74, 6) is 2.09. The molecule has 0 aliphatic heterocycles. The standard InChI is InChI=1S/C14H19N3O4/c1-18-7-6-10(15)14-16-13(17-21-14)9-4-5-11(19-2)12(8-9)20-3/h4-5,8,10H,6-7,15H2,1-3H3. The van der Waals surface area contributed by atoms with Gasteiger partial charge in [0.2, 0.25) is 11.7 Å². The fourth-order valence-electron chi connectivity index (χ4n) is 1.85. The maximum Gasteiger partial charge on any atom is 0.243 e. The Morgan fingerprint density at radius 2 is 1.95 bits per heavy atom. The lowest BCUT2D eigenvalue weighted by molar-refractivity contribution is 0.182. The summed E-state index contributed by atoms with van der Waals surface area (Å²) in [5, 5.41) is 3.94. The predicted octanol–water partition coefficient (Wildman–Crippen LogP) is 1.79. The van der Waals surface area contributed by atoms with Crippen LogP contribution in [-0.2, 0) is 4.74 Å². The molecule has 7 heteroatoms. The van der Waals surface area contributed by atoms with Gasteiger partial charge in [-0.15, -0.1) is 0 Å². The molecule has 21 heavy (non-hydrogen) atoms. The zero-order valence-electron chi connectivity index (χ0n) is 12.3. The second-order valence-electron chi connectivity index (χ2n) is 4.41. The molecule has 1 aromatic heterocycles. The van der Waals surface area contributed by atoms with Crippen molar-refractivity contribution >= 4 is 0 Å². The van der Waals surface area contributed by atoms with Crippen molar-refractivity contribution in [1.29, 1.82) is 0 Å². The fourth-order valence-corrected chi connectivity index (χ4v) is 1.85. The van der Waals surface area contributed by atoms with Crippen LogP contribution in [0.1, 0.15) is 18.4 Å². The van der Waals surface area contributed by atoms with Crippen molar-refractivity contribution in [1.82, 2.24) is 10.1 Å². The molecule has 2 N–H and O–H groups in total. The van der Waals surface area contributed by atoms with Crippen LogP contribution in [0, 0.1) is 0 Å². The van der Waals surface area contributed by atoms with Gasteiger partial charge < -0.3 is 24.5 Å². The predicted molar refractivity (Wildman–Crippen MR) is 76.3 cm³/mol. The third kappa shape index (κ3) is 3.50. The van der Waals surface area contributed by atoms with Crippen LogP contribution in [0.5, 0.6) is 11.5 Å². The molecule has 0 radical (unpaired) electrons. The van der Waals surface area contributed by atoms with E-state index in [1.54, 1.807) is 33.5 Å². The minimum Gasteiger partial charge on any atom is -0.493 e. The molecule has 7 nitrogen and oxygen atoms in total. The SMILES string of the molecule is COCCC(N)c1nc(-c2ccc(OC)c(OC)c2)no1. The molecule has 0 amide bonds. The van der Waals surface area contributed by atoms with E-state index in [0.717, 1.165) is 5.56 Å². The molecule has 0 bridgehead atoms. The Morgan fingerprint density at radius 1 is 1.19 bits per heavy atom. The second kappa shape index (κ2) is 7.05. The van der Waals surface area contributed by atoms with Gasteiger partial charge in [0.15, 0.2) is 11.5 Å². The highest BCUT2D eigenvalue weighted by Gasteiger charge is 2.16. The first kappa shape index (κ1) is 15.3. The minimum absolute atomic E-state index is 0.341. The first-order chi connectivity index (χ1) is 10.2. The number of nitrogens with zero attached hydrogens (tertiary/aromatic N) is 2. The Hall–Kier alpha value is -2.12. The third-order valence-corrected chi connectivity index (χ3v) is 3.03. The molecule has 1 aromatic carbocycles. The first-order valence-corrected chi connectivity index (χ1v) is 6.50. The van der Waals surface area contributed by atoms with Crippen molar-refractivity contribution in [3.8, 4) is 22.9 Å². The topological polar surface area (TPSA) is 92.6 Å². The number of rotatable bonds is 7. The van der Waals surface area contributed by atoms with E-state index >= 15 is 0 Å². The van der Waals surface area contributed by atoms with Gasteiger partial charge in [-0.05, 0) is 24.6 Å². The van der Waals surface area contributed by atoms with Gasteiger partial charge in [0.25, 0.3) is 0 Å². The van der Waals surface area contributed by atoms with Crippen molar-refractivity contribution < 1.29 is 18.7 Å². The zero-order chi connectivity index (χ0) is 15.2. The molecule has 0 aliphatic rings. The van der Waals surface area contributed by atoms with Crippen molar-refractivity contribution in [3.05, 3.63) is 24.1 Å². The van der Waals surface area contributed by atoms with E-state index in [1.165, 1.54) is 0 Å². The summed E-state index contributed by atoms with van der Waals surface area (Å²) in [5.41, 5.74) is 6.72. The molecule has 1 atom stereocenters. The minimum atomic E-state index is -0.341. The number of benzene rings is 1. The highest BCUT2D eigenvalue weighted by molar-refractivity contribution is 5.60. The van der Waals surface area contributed by atoms with Gasteiger partial charge in [0.05, 0.1) is 20.3 Å². The van der Waals surface area contributed by atoms with Gasteiger partial charge in [-0.1, -0.05) is 5.16 Å². The van der Waals surface area contributed by atoms with Crippen LogP contribution in [0.25, 0.3) is 11.4 Å². The Balaban J connectivity index is 2.21. The Morgan fingerprint density at radius 3 is 2.62 bits per heavy atom. The number of hydrogen-bond donors (Lipinski definition) is 1. The molecular formula is C14H19N3O4. The zero-order valence-corrected chi connectivity index (χ0v) is 12.3. The molecule has 0 saturated carbocycles. The lowest BCUT2D eigenvalue weighted by atomic mass is 10.2. The number of hydrogen-bond acceptors (Lipinski definition) is 7. The van der Waals surface area contributed by atoms with Gasteiger partial charge in [-0.25, -0.2) is 0 Å². The molecule has 0 fully saturated rings. The van der Waals surface area contributed by atoms with E-state index in [4.69, 9.17) is 24.5 Å². The van der Waals surface area contributed by atoms with Gasteiger partial charge in [-0.3, -0.25) is 0 Å². The van der Waals surface area contributed by atoms with Crippen molar-refractivity contribution in [2.75, 3.05) is 27.9 Å². The van der Waals surface area contributed by atoms with E-state index < -0.39 is 0 Å². The van der Waals surface area contributed by atoms with Crippen LogP contribution in [-0.4, -0.2) is 38.1 Å². The third-order valence-electron chi connectivity index (χ3n) is 3.03. The van der Waals surface area contributed by atoms with E-state index in [0.29, 0.717) is 36.2 Å². The van der Waals surface area contributed by atoms with Gasteiger partial charge >= 0.3 is 0 Å². The number of ether oxygens (including phenoxy) is 3. The molecule has 2 aromatic rings. The van der Waals surface area contributed by atoms with Crippen LogP contribution in [0.15, 0.2) is 22.7 Å². The average molecular weight is 293 g/mol.